The second kappa shape index (κ2) is 6.72. The van der Waals surface area contributed by atoms with Crippen LogP contribution in [0, 0.1) is 0 Å². The maximum atomic E-state index is 5.18. The quantitative estimate of drug-likeness (QED) is 0.460. The summed E-state index contributed by atoms with van der Waals surface area (Å²) in [6.07, 6.45) is 1.85. The zero-order valence-corrected chi connectivity index (χ0v) is 12.1. The first kappa shape index (κ1) is 14.1. The van der Waals surface area contributed by atoms with Crippen molar-refractivity contribution >= 4 is 28.7 Å². The average molecular weight is 288 g/mol. The molecule has 0 aliphatic heterocycles. The highest BCUT2D eigenvalue weighted by Gasteiger charge is 2.00. The molecule has 5 nitrogen and oxygen atoms in total. The first-order chi connectivity index (χ1) is 9.69. The van der Waals surface area contributed by atoms with Crippen molar-refractivity contribution in [2.75, 3.05) is 12.4 Å². The van der Waals surface area contributed by atoms with Crippen molar-refractivity contribution < 1.29 is 4.74 Å². The molecule has 0 spiro atoms. The van der Waals surface area contributed by atoms with Crippen molar-refractivity contribution in [1.29, 1.82) is 0 Å². The van der Waals surface area contributed by atoms with Crippen molar-refractivity contribution in [2.45, 2.75) is 6.92 Å². The molecular weight excluding hydrogens is 272 g/mol. The van der Waals surface area contributed by atoms with Crippen LogP contribution in [0.2, 0.25) is 0 Å². The summed E-state index contributed by atoms with van der Waals surface area (Å²) in [6.45, 7) is 1.90. The predicted molar refractivity (Wildman–Crippen MR) is 85.4 cm³/mol. The van der Waals surface area contributed by atoms with E-state index in [9.17, 15) is 0 Å². The molecular formula is C14H16N4OS. The Morgan fingerprint density at radius 1 is 1.30 bits per heavy atom. The van der Waals surface area contributed by atoms with E-state index in [4.69, 9.17) is 17.0 Å². The Bertz CT molecular complexity index is 607. The maximum absolute atomic E-state index is 5.18. The number of rotatable bonds is 4. The summed E-state index contributed by atoms with van der Waals surface area (Å²) in [5.74, 6) is 0.767. The number of nitrogens with one attached hydrogen (secondary N) is 3. The molecule has 0 fully saturated rings. The molecule has 3 N–H and O–H groups in total. The summed E-state index contributed by atoms with van der Waals surface area (Å²) in [5.41, 5.74) is 5.42. The van der Waals surface area contributed by atoms with Gasteiger partial charge in [0.05, 0.1) is 18.5 Å². The van der Waals surface area contributed by atoms with Crippen LogP contribution in [0.15, 0.2) is 47.7 Å². The van der Waals surface area contributed by atoms with Crippen LogP contribution in [0.3, 0.4) is 0 Å². The van der Waals surface area contributed by atoms with E-state index in [1.165, 1.54) is 0 Å². The Morgan fingerprint density at radius 3 is 2.85 bits per heavy atom. The number of methoxy groups -OCH3 is 1. The highest BCUT2D eigenvalue weighted by Crippen LogP contribution is 2.16. The molecule has 2 rings (SSSR count). The van der Waals surface area contributed by atoms with Crippen molar-refractivity contribution in [3.05, 3.63) is 48.3 Å². The van der Waals surface area contributed by atoms with Crippen LogP contribution in [0.5, 0.6) is 5.75 Å². The number of H-pyrrole nitrogens is 1. The van der Waals surface area contributed by atoms with Crippen molar-refractivity contribution in [2.24, 2.45) is 5.10 Å². The zero-order chi connectivity index (χ0) is 14.4. The minimum Gasteiger partial charge on any atom is -0.497 e. The van der Waals surface area contributed by atoms with Gasteiger partial charge in [-0.3, -0.25) is 5.43 Å². The number of anilines is 1. The minimum atomic E-state index is 0.421. The molecule has 1 aromatic carbocycles. The number of aromatic amines is 1. The molecule has 2 aromatic rings. The van der Waals surface area contributed by atoms with Gasteiger partial charge in [-0.2, -0.15) is 5.10 Å². The Morgan fingerprint density at radius 2 is 2.15 bits per heavy atom. The van der Waals surface area contributed by atoms with Gasteiger partial charge in [0.25, 0.3) is 0 Å². The minimum absolute atomic E-state index is 0.421. The third kappa shape index (κ3) is 3.83. The number of hydrogen-bond acceptors (Lipinski definition) is 3. The van der Waals surface area contributed by atoms with E-state index < -0.39 is 0 Å². The number of benzene rings is 1. The third-order valence-electron chi connectivity index (χ3n) is 2.64. The van der Waals surface area contributed by atoms with Gasteiger partial charge in [0.2, 0.25) is 0 Å². The van der Waals surface area contributed by atoms with Gasteiger partial charge < -0.3 is 15.0 Å². The van der Waals surface area contributed by atoms with E-state index in [1.54, 1.807) is 7.11 Å². The summed E-state index contributed by atoms with van der Waals surface area (Å²) in [4.78, 5) is 3.07. The lowest BCUT2D eigenvalue weighted by molar-refractivity contribution is 0.415. The molecule has 104 valence electrons. The third-order valence-corrected chi connectivity index (χ3v) is 2.83. The molecule has 6 heteroatoms. The number of aromatic nitrogens is 1. The van der Waals surface area contributed by atoms with E-state index in [1.807, 2.05) is 49.5 Å². The average Bonchev–Trinajstić information content (AvgIpc) is 2.99. The number of thiocarbonyl (C=S) groups is 1. The van der Waals surface area contributed by atoms with Crippen LogP contribution in [0.25, 0.3) is 0 Å². The molecule has 0 amide bonds. The van der Waals surface area contributed by atoms with Gasteiger partial charge in [0.15, 0.2) is 5.11 Å². The van der Waals surface area contributed by atoms with E-state index in [0.29, 0.717) is 5.11 Å². The summed E-state index contributed by atoms with van der Waals surface area (Å²) in [7, 11) is 1.62. The zero-order valence-electron chi connectivity index (χ0n) is 11.3. The first-order valence-electron chi connectivity index (χ1n) is 6.08. The van der Waals surface area contributed by atoms with Gasteiger partial charge in [-0.15, -0.1) is 0 Å². The molecule has 0 aliphatic rings. The fraction of sp³-hybridized carbons (Fsp3) is 0.143. The SMILES string of the molecule is COc1cccc(NC(=S)N/N=C(\C)c2ccc[nH]2)c1. The van der Waals surface area contributed by atoms with Crippen LogP contribution >= 0.6 is 12.2 Å². The highest BCUT2D eigenvalue weighted by molar-refractivity contribution is 7.80. The van der Waals surface area contributed by atoms with Crippen LogP contribution in [-0.4, -0.2) is 22.9 Å². The smallest absolute Gasteiger partial charge is 0.191 e. The summed E-state index contributed by atoms with van der Waals surface area (Å²) in [6, 6.07) is 11.4. The topological polar surface area (TPSA) is 61.4 Å². The Hall–Kier alpha value is -2.34. The first-order valence-corrected chi connectivity index (χ1v) is 6.49. The number of hydrazone groups is 1. The fourth-order valence-electron chi connectivity index (χ4n) is 1.61. The van der Waals surface area contributed by atoms with E-state index >= 15 is 0 Å². The van der Waals surface area contributed by atoms with Gasteiger partial charge in [-0.05, 0) is 43.4 Å². The maximum Gasteiger partial charge on any atom is 0.191 e. The summed E-state index contributed by atoms with van der Waals surface area (Å²) < 4.78 is 5.15. The molecule has 0 atom stereocenters. The lowest BCUT2D eigenvalue weighted by Crippen LogP contribution is -2.25. The van der Waals surface area contributed by atoms with Gasteiger partial charge in [0, 0.05) is 18.0 Å². The van der Waals surface area contributed by atoms with Gasteiger partial charge in [0.1, 0.15) is 5.75 Å². The Balaban J connectivity index is 1.94. The van der Waals surface area contributed by atoms with Crippen LogP contribution in [0.1, 0.15) is 12.6 Å². The Kier molecular flexibility index (Phi) is 4.73. The molecule has 0 bridgehead atoms. The molecule has 1 heterocycles. The molecule has 0 aliphatic carbocycles. The van der Waals surface area contributed by atoms with Gasteiger partial charge in [-0.1, -0.05) is 6.07 Å². The standard InChI is InChI=1S/C14H16N4OS/c1-10(13-7-4-8-15-13)17-18-14(20)16-11-5-3-6-12(9-11)19-2/h3-9,15H,1-2H3,(H2,16,18,20)/b17-10+. The second-order valence-electron chi connectivity index (χ2n) is 4.08. The fourth-order valence-corrected chi connectivity index (χ4v) is 1.77. The van der Waals surface area contributed by atoms with Crippen molar-refractivity contribution in [3.63, 3.8) is 0 Å². The van der Waals surface area contributed by atoms with E-state index in [0.717, 1.165) is 22.8 Å². The van der Waals surface area contributed by atoms with Gasteiger partial charge in [-0.25, -0.2) is 0 Å². The van der Waals surface area contributed by atoms with Crippen molar-refractivity contribution in [1.82, 2.24) is 10.4 Å². The van der Waals surface area contributed by atoms with E-state index in [-0.39, 0.29) is 0 Å². The Labute approximate surface area is 123 Å². The van der Waals surface area contributed by atoms with Crippen LogP contribution in [-0.2, 0) is 0 Å². The number of hydrogen-bond donors (Lipinski definition) is 3. The second-order valence-corrected chi connectivity index (χ2v) is 4.49. The number of nitrogens with zero attached hydrogens (tertiary/aromatic N) is 1. The summed E-state index contributed by atoms with van der Waals surface area (Å²) in [5, 5.41) is 7.67. The molecule has 0 saturated heterocycles. The van der Waals surface area contributed by atoms with Crippen molar-refractivity contribution in [3.8, 4) is 5.75 Å². The van der Waals surface area contributed by atoms with E-state index in [2.05, 4.69) is 20.8 Å². The largest absolute Gasteiger partial charge is 0.497 e. The number of ether oxygens (including phenoxy) is 1. The highest BCUT2D eigenvalue weighted by atomic mass is 32.1. The predicted octanol–water partition coefficient (Wildman–Crippen LogP) is 2.73. The normalized spacial score (nSPS) is 11.0. The molecule has 0 radical (unpaired) electrons. The molecule has 1 aromatic heterocycles. The van der Waals surface area contributed by atoms with Crippen LogP contribution < -0.4 is 15.5 Å². The molecule has 20 heavy (non-hydrogen) atoms. The van der Waals surface area contributed by atoms with Crippen LogP contribution in [0.4, 0.5) is 5.69 Å². The van der Waals surface area contributed by atoms with Gasteiger partial charge >= 0.3 is 0 Å². The summed E-state index contributed by atoms with van der Waals surface area (Å²) >= 11 is 5.18. The molecule has 0 unspecified atom stereocenters. The monoisotopic (exact) mass is 288 g/mol. The molecule has 0 saturated carbocycles. The lowest BCUT2D eigenvalue weighted by atomic mass is 10.3. The lowest BCUT2D eigenvalue weighted by Gasteiger charge is -2.09.